The maximum atomic E-state index is 5.15. The summed E-state index contributed by atoms with van der Waals surface area (Å²) >= 11 is 0. The van der Waals surface area contributed by atoms with E-state index in [1.807, 2.05) is 6.92 Å². The highest BCUT2D eigenvalue weighted by Gasteiger charge is 2.19. The minimum absolute atomic E-state index is 0. The highest BCUT2D eigenvalue weighted by molar-refractivity contribution is 14.0. The summed E-state index contributed by atoms with van der Waals surface area (Å²) in [6, 6.07) is 10.7. The topological polar surface area (TPSA) is 69.8 Å². The molecule has 1 aromatic carbocycles. The average Bonchev–Trinajstić information content (AvgIpc) is 3.08. The zero-order valence-corrected chi connectivity index (χ0v) is 18.4. The van der Waals surface area contributed by atoms with Crippen molar-refractivity contribution in [2.75, 3.05) is 39.3 Å². The Hall–Kier alpha value is -1.68. The molecule has 0 bridgehead atoms. The highest BCUT2D eigenvalue weighted by atomic mass is 127. The van der Waals surface area contributed by atoms with Crippen molar-refractivity contribution in [2.45, 2.75) is 26.8 Å². The lowest BCUT2D eigenvalue weighted by Gasteiger charge is -2.36. The first-order valence-corrected chi connectivity index (χ1v) is 9.33. The van der Waals surface area contributed by atoms with E-state index in [9.17, 15) is 0 Å². The van der Waals surface area contributed by atoms with Crippen molar-refractivity contribution in [3.05, 3.63) is 47.6 Å². The number of benzene rings is 1. The van der Waals surface area contributed by atoms with Crippen molar-refractivity contribution in [2.24, 2.45) is 4.99 Å². The highest BCUT2D eigenvalue weighted by Crippen LogP contribution is 2.09. The molecule has 1 N–H and O–H groups in total. The Labute approximate surface area is 178 Å². The van der Waals surface area contributed by atoms with Crippen LogP contribution >= 0.6 is 24.0 Å². The van der Waals surface area contributed by atoms with Crippen LogP contribution in [-0.2, 0) is 13.0 Å². The Bertz CT molecular complexity index is 697. The number of hydrogen-bond acceptors (Lipinski definition) is 5. The molecule has 0 aliphatic carbocycles. The van der Waals surface area contributed by atoms with Crippen LogP contribution in [-0.4, -0.2) is 65.2 Å². The molecule has 1 saturated heterocycles. The van der Waals surface area contributed by atoms with Gasteiger partial charge in [0.05, 0.1) is 6.54 Å². The van der Waals surface area contributed by atoms with Gasteiger partial charge in [0.2, 0.25) is 5.89 Å². The Balaban J connectivity index is 0.00000261. The van der Waals surface area contributed by atoms with Gasteiger partial charge in [-0.2, -0.15) is 4.98 Å². The quantitative estimate of drug-likeness (QED) is 0.386. The molecule has 7 nitrogen and oxygen atoms in total. The van der Waals surface area contributed by atoms with Crippen LogP contribution in [0.25, 0.3) is 0 Å². The third-order valence-electron chi connectivity index (χ3n) is 4.41. The van der Waals surface area contributed by atoms with Gasteiger partial charge in [0.1, 0.15) is 0 Å². The molecule has 0 radical (unpaired) electrons. The van der Waals surface area contributed by atoms with Crippen LogP contribution in [0, 0.1) is 6.92 Å². The van der Waals surface area contributed by atoms with Gasteiger partial charge in [-0.1, -0.05) is 35.5 Å². The van der Waals surface area contributed by atoms with E-state index in [1.54, 1.807) is 0 Å². The summed E-state index contributed by atoms with van der Waals surface area (Å²) in [5.74, 6) is 2.29. The second-order valence-corrected chi connectivity index (χ2v) is 6.47. The molecule has 0 unspecified atom stereocenters. The molecule has 1 fully saturated rings. The molecule has 148 valence electrons. The van der Waals surface area contributed by atoms with Gasteiger partial charge < -0.3 is 14.7 Å². The van der Waals surface area contributed by atoms with Gasteiger partial charge in [0.15, 0.2) is 11.8 Å². The van der Waals surface area contributed by atoms with Crippen LogP contribution in [0.4, 0.5) is 0 Å². The summed E-state index contributed by atoms with van der Waals surface area (Å²) in [5.41, 5.74) is 1.37. The molecule has 0 saturated carbocycles. The van der Waals surface area contributed by atoms with Gasteiger partial charge >= 0.3 is 0 Å². The van der Waals surface area contributed by atoms with Crippen molar-refractivity contribution < 1.29 is 4.52 Å². The first-order chi connectivity index (χ1) is 12.7. The Kier molecular flexibility index (Phi) is 8.99. The molecule has 0 amide bonds. The van der Waals surface area contributed by atoms with Gasteiger partial charge in [0.25, 0.3) is 0 Å². The van der Waals surface area contributed by atoms with E-state index >= 15 is 0 Å². The molecule has 3 rings (SSSR count). The number of halogens is 1. The predicted octanol–water partition coefficient (Wildman–Crippen LogP) is 2.32. The van der Waals surface area contributed by atoms with Crippen LogP contribution in [0.5, 0.6) is 0 Å². The van der Waals surface area contributed by atoms with E-state index < -0.39 is 0 Å². The van der Waals surface area contributed by atoms with Gasteiger partial charge in [0, 0.05) is 45.7 Å². The first-order valence-electron chi connectivity index (χ1n) is 9.33. The maximum Gasteiger partial charge on any atom is 0.228 e. The number of hydrogen-bond donors (Lipinski definition) is 1. The molecular formula is C19H29IN6O. The summed E-state index contributed by atoms with van der Waals surface area (Å²) in [6.45, 7) is 10.5. The third kappa shape index (κ3) is 6.76. The van der Waals surface area contributed by atoms with Crippen LogP contribution in [0.1, 0.15) is 24.2 Å². The molecular weight excluding hydrogens is 455 g/mol. The summed E-state index contributed by atoms with van der Waals surface area (Å²) < 4.78 is 5.15. The molecule has 8 heteroatoms. The second-order valence-electron chi connectivity index (χ2n) is 6.47. The van der Waals surface area contributed by atoms with Crippen molar-refractivity contribution >= 4 is 29.9 Å². The smallest absolute Gasteiger partial charge is 0.228 e. The van der Waals surface area contributed by atoms with Gasteiger partial charge in [-0.3, -0.25) is 9.89 Å². The minimum atomic E-state index is 0. The summed E-state index contributed by atoms with van der Waals surface area (Å²) in [5, 5.41) is 7.22. The zero-order valence-electron chi connectivity index (χ0n) is 16.1. The lowest BCUT2D eigenvalue weighted by atomic mass is 10.2. The number of piperazine rings is 1. The SMILES string of the molecule is CCNC(=NCCc1nc(C)no1)N1CCN(Cc2ccccc2)CC1.I. The lowest BCUT2D eigenvalue weighted by Crippen LogP contribution is -2.52. The number of rotatable bonds is 6. The van der Waals surface area contributed by atoms with Crippen molar-refractivity contribution in [1.82, 2.24) is 25.3 Å². The number of aliphatic imine (C=N–C) groups is 1. The van der Waals surface area contributed by atoms with E-state index in [0.29, 0.717) is 24.7 Å². The van der Waals surface area contributed by atoms with Crippen LogP contribution in [0.3, 0.4) is 0 Å². The van der Waals surface area contributed by atoms with Gasteiger partial charge in [-0.05, 0) is 19.4 Å². The van der Waals surface area contributed by atoms with Crippen molar-refractivity contribution in [3.8, 4) is 0 Å². The zero-order chi connectivity index (χ0) is 18.2. The monoisotopic (exact) mass is 484 g/mol. The average molecular weight is 484 g/mol. The standard InChI is InChI=1S/C19H28N6O.HI/c1-3-20-19(21-10-9-18-22-16(2)23-26-18)25-13-11-24(12-14-25)15-17-7-5-4-6-8-17;/h4-8H,3,9-15H2,1-2H3,(H,20,21);1H. The maximum absolute atomic E-state index is 5.15. The van der Waals surface area contributed by atoms with E-state index in [1.165, 1.54) is 5.56 Å². The van der Waals surface area contributed by atoms with Crippen LogP contribution in [0.2, 0.25) is 0 Å². The fourth-order valence-corrected chi connectivity index (χ4v) is 3.08. The number of guanidine groups is 1. The second kappa shape index (κ2) is 11.2. The molecule has 27 heavy (non-hydrogen) atoms. The fourth-order valence-electron chi connectivity index (χ4n) is 3.08. The Morgan fingerprint density at radius 3 is 2.56 bits per heavy atom. The Morgan fingerprint density at radius 2 is 1.93 bits per heavy atom. The van der Waals surface area contributed by atoms with Gasteiger partial charge in [-0.25, -0.2) is 0 Å². The summed E-state index contributed by atoms with van der Waals surface area (Å²) in [7, 11) is 0. The minimum Gasteiger partial charge on any atom is -0.357 e. The molecule has 1 aliphatic rings. The van der Waals surface area contributed by atoms with Crippen molar-refractivity contribution in [1.29, 1.82) is 0 Å². The predicted molar refractivity (Wildman–Crippen MR) is 117 cm³/mol. The number of aromatic nitrogens is 2. The Morgan fingerprint density at radius 1 is 1.19 bits per heavy atom. The van der Waals surface area contributed by atoms with Gasteiger partial charge in [-0.15, -0.1) is 24.0 Å². The fraction of sp³-hybridized carbons (Fsp3) is 0.526. The van der Waals surface area contributed by atoms with Crippen LogP contribution in [0.15, 0.2) is 39.8 Å². The molecule has 0 atom stereocenters. The summed E-state index contributed by atoms with van der Waals surface area (Å²) in [6.07, 6.45) is 0.670. The number of nitrogens with one attached hydrogen (secondary N) is 1. The largest absolute Gasteiger partial charge is 0.357 e. The number of nitrogens with zero attached hydrogens (tertiary/aromatic N) is 5. The van der Waals surface area contributed by atoms with Crippen molar-refractivity contribution in [3.63, 3.8) is 0 Å². The van der Waals surface area contributed by atoms with E-state index in [-0.39, 0.29) is 24.0 Å². The molecule has 0 spiro atoms. The molecule has 2 heterocycles. The van der Waals surface area contributed by atoms with E-state index in [2.05, 4.69) is 62.5 Å². The number of aryl methyl sites for hydroxylation is 1. The first kappa shape index (κ1) is 21.6. The lowest BCUT2D eigenvalue weighted by molar-refractivity contribution is 0.172. The van der Waals surface area contributed by atoms with Crippen LogP contribution < -0.4 is 5.32 Å². The molecule has 1 aromatic heterocycles. The normalized spacial score (nSPS) is 15.5. The molecule has 1 aliphatic heterocycles. The molecule has 2 aromatic rings. The van der Waals surface area contributed by atoms with E-state index in [4.69, 9.17) is 9.52 Å². The van der Waals surface area contributed by atoms with E-state index in [0.717, 1.165) is 45.2 Å². The third-order valence-corrected chi connectivity index (χ3v) is 4.41. The summed E-state index contributed by atoms with van der Waals surface area (Å²) in [4.78, 5) is 13.8.